The number of hydrogen-bond acceptors (Lipinski definition) is 3. The van der Waals surface area contributed by atoms with Crippen molar-refractivity contribution in [2.75, 3.05) is 0 Å². The average Bonchev–Trinajstić information content (AvgIpc) is 2.75. The molecule has 0 aromatic carbocycles. The fourth-order valence-corrected chi connectivity index (χ4v) is 3.26. The third-order valence-electron chi connectivity index (χ3n) is 4.40. The molecule has 0 spiro atoms. The maximum absolute atomic E-state index is 12.8. The van der Waals surface area contributed by atoms with Crippen LogP contribution >= 0.6 is 12.2 Å². The van der Waals surface area contributed by atoms with Gasteiger partial charge >= 0.3 is 0 Å². The van der Waals surface area contributed by atoms with Crippen molar-refractivity contribution in [3.63, 3.8) is 0 Å². The first-order chi connectivity index (χ1) is 10.1. The van der Waals surface area contributed by atoms with Crippen LogP contribution in [0, 0.1) is 5.41 Å². The number of nitrogens with one attached hydrogen (secondary N) is 1. The van der Waals surface area contributed by atoms with E-state index in [1.54, 1.807) is 12.4 Å². The van der Waals surface area contributed by atoms with Gasteiger partial charge in [0.15, 0.2) is 0 Å². The average molecular weight is 305 g/mol. The highest BCUT2D eigenvalue weighted by molar-refractivity contribution is 7.80. The summed E-state index contributed by atoms with van der Waals surface area (Å²) in [5.74, 6) is -0.0340. The minimum Gasteiger partial charge on any atom is -0.392 e. The second kappa shape index (κ2) is 6.98. The minimum atomic E-state index is -0.678. The molecule has 1 heterocycles. The SMILES string of the molecule is CC(NC(=O)C1(C(N)=S)CCCCCC1)c1cccnc1. The van der Waals surface area contributed by atoms with E-state index in [4.69, 9.17) is 18.0 Å². The topological polar surface area (TPSA) is 68.0 Å². The van der Waals surface area contributed by atoms with Crippen LogP contribution in [0.25, 0.3) is 0 Å². The number of aromatic nitrogens is 1. The maximum atomic E-state index is 12.8. The van der Waals surface area contributed by atoms with Gasteiger partial charge in [0.05, 0.1) is 16.4 Å². The van der Waals surface area contributed by atoms with E-state index in [9.17, 15) is 4.79 Å². The van der Waals surface area contributed by atoms with Crippen molar-refractivity contribution >= 4 is 23.1 Å². The maximum Gasteiger partial charge on any atom is 0.233 e. The van der Waals surface area contributed by atoms with Crippen LogP contribution < -0.4 is 11.1 Å². The van der Waals surface area contributed by atoms with E-state index < -0.39 is 5.41 Å². The molecule has 21 heavy (non-hydrogen) atoms. The van der Waals surface area contributed by atoms with Crippen LogP contribution in [0.3, 0.4) is 0 Å². The quantitative estimate of drug-likeness (QED) is 0.663. The van der Waals surface area contributed by atoms with Gasteiger partial charge in [0.1, 0.15) is 0 Å². The van der Waals surface area contributed by atoms with Crippen molar-refractivity contribution in [2.24, 2.45) is 11.1 Å². The lowest BCUT2D eigenvalue weighted by molar-refractivity contribution is -0.128. The van der Waals surface area contributed by atoms with Gasteiger partial charge in [0.25, 0.3) is 0 Å². The third kappa shape index (κ3) is 3.59. The smallest absolute Gasteiger partial charge is 0.233 e. The van der Waals surface area contributed by atoms with Gasteiger partial charge in [0, 0.05) is 12.4 Å². The molecule has 3 N–H and O–H groups in total. The zero-order chi connectivity index (χ0) is 15.3. The Labute approximate surface area is 131 Å². The summed E-state index contributed by atoms with van der Waals surface area (Å²) < 4.78 is 0. The molecule has 1 aliphatic rings. The lowest BCUT2D eigenvalue weighted by Gasteiger charge is -2.31. The fourth-order valence-electron chi connectivity index (χ4n) is 2.97. The van der Waals surface area contributed by atoms with E-state index >= 15 is 0 Å². The number of rotatable bonds is 4. The molecule has 1 atom stereocenters. The molecule has 0 saturated heterocycles. The summed E-state index contributed by atoms with van der Waals surface area (Å²) in [4.78, 5) is 17.2. The highest BCUT2D eigenvalue weighted by Gasteiger charge is 2.41. The number of pyridine rings is 1. The molecule has 1 unspecified atom stereocenters. The molecule has 1 saturated carbocycles. The zero-order valence-electron chi connectivity index (χ0n) is 12.5. The lowest BCUT2D eigenvalue weighted by atomic mass is 9.79. The normalized spacial score (nSPS) is 19.3. The largest absolute Gasteiger partial charge is 0.392 e. The highest BCUT2D eigenvalue weighted by Crippen LogP contribution is 2.36. The van der Waals surface area contributed by atoms with Crippen LogP contribution in [0.4, 0.5) is 0 Å². The summed E-state index contributed by atoms with van der Waals surface area (Å²) in [6, 6.07) is 3.73. The molecule has 0 bridgehead atoms. The van der Waals surface area contributed by atoms with E-state index in [-0.39, 0.29) is 11.9 Å². The van der Waals surface area contributed by atoms with Crippen molar-refractivity contribution in [1.29, 1.82) is 0 Å². The lowest BCUT2D eigenvalue weighted by Crippen LogP contribution is -2.49. The van der Waals surface area contributed by atoms with Crippen LogP contribution in [0.15, 0.2) is 24.5 Å². The molecule has 1 fully saturated rings. The molecular formula is C16H23N3OS. The first-order valence-corrected chi connectivity index (χ1v) is 7.98. The summed E-state index contributed by atoms with van der Waals surface area (Å²) in [5, 5.41) is 3.07. The van der Waals surface area contributed by atoms with E-state index in [1.807, 2.05) is 19.1 Å². The van der Waals surface area contributed by atoms with Crippen LogP contribution in [-0.2, 0) is 4.79 Å². The van der Waals surface area contributed by atoms with Crippen molar-refractivity contribution in [3.8, 4) is 0 Å². The van der Waals surface area contributed by atoms with E-state index in [1.165, 1.54) is 0 Å². The fraction of sp³-hybridized carbons (Fsp3) is 0.562. The molecule has 5 heteroatoms. The second-order valence-corrected chi connectivity index (χ2v) is 6.28. The van der Waals surface area contributed by atoms with Crippen molar-refractivity contribution in [2.45, 2.75) is 51.5 Å². The molecule has 2 rings (SSSR count). The summed E-state index contributed by atoms with van der Waals surface area (Å²) in [6.07, 6.45) is 9.32. The molecule has 1 aliphatic carbocycles. The van der Waals surface area contributed by atoms with Gasteiger partial charge in [0.2, 0.25) is 5.91 Å². The summed E-state index contributed by atoms with van der Waals surface area (Å²) in [6.45, 7) is 1.96. The van der Waals surface area contributed by atoms with Crippen LogP contribution in [0.1, 0.15) is 57.1 Å². The number of carbonyl (C=O) groups is 1. The molecule has 1 amide bonds. The van der Waals surface area contributed by atoms with Crippen LogP contribution in [-0.4, -0.2) is 15.9 Å². The van der Waals surface area contributed by atoms with Crippen LogP contribution in [0.5, 0.6) is 0 Å². The van der Waals surface area contributed by atoms with Gasteiger partial charge in [-0.2, -0.15) is 0 Å². The Morgan fingerprint density at radius 2 is 2.05 bits per heavy atom. The van der Waals surface area contributed by atoms with Crippen molar-refractivity contribution in [3.05, 3.63) is 30.1 Å². The molecule has 114 valence electrons. The predicted molar refractivity (Wildman–Crippen MR) is 87.7 cm³/mol. The number of amides is 1. The molecule has 4 nitrogen and oxygen atoms in total. The molecule has 1 aromatic heterocycles. The second-order valence-electron chi connectivity index (χ2n) is 5.84. The molecule has 1 aromatic rings. The summed E-state index contributed by atoms with van der Waals surface area (Å²) in [7, 11) is 0. The first-order valence-electron chi connectivity index (χ1n) is 7.57. The van der Waals surface area contributed by atoms with Crippen molar-refractivity contribution < 1.29 is 4.79 Å². The summed E-state index contributed by atoms with van der Waals surface area (Å²) in [5.41, 5.74) is 6.25. The van der Waals surface area contributed by atoms with E-state index in [2.05, 4.69) is 10.3 Å². The zero-order valence-corrected chi connectivity index (χ0v) is 13.3. The molecular weight excluding hydrogens is 282 g/mol. The van der Waals surface area contributed by atoms with Gasteiger partial charge in [-0.15, -0.1) is 0 Å². The Bertz CT molecular complexity index is 496. The molecule has 0 aliphatic heterocycles. The Morgan fingerprint density at radius 3 is 2.57 bits per heavy atom. The Balaban J connectivity index is 2.14. The Morgan fingerprint density at radius 1 is 1.38 bits per heavy atom. The standard InChI is InChI=1S/C16H23N3OS/c1-12(13-7-6-10-18-11-13)19-15(20)16(14(17)21)8-4-2-3-5-9-16/h6-7,10-12H,2-5,8-9H2,1H3,(H2,17,21)(H,19,20). The van der Waals surface area contributed by atoms with Crippen LogP contribution in [0.2, 0.25) is 0 Å². The monoisotopic (exact) mass is 305 g/mol. The number of hydrogen-bond donors (Lipinski definition) is 2. The van der Waals surface area contributed by atoms with Crippen molar-refractivity contribution in [1.82, 2.24) is 10.3 Å². The Kier molecular flexibility index (Phi) is 5.28. The highest BCUT2D eigenvalue weighted by atomic mass is 32.1. The Hall–Kier alpha value is -1.49. The van der Waals surface area contributed by atoms with Gasteiger partial charge < -0.3 is 11.1 Å². The van der Waals surface area contributed by atoms with E-state index in [0.717, 1.165) is 44.1 Å². The van der Waals surface area contributed by atoms with E-state index in [0.29, 0.717) is 4.99 Å². The number of nitrogens with zero attached hydrogens (tertiary/aromatic N) is 1. The van der Waals surface area contributed by atoms with Gasteiger partial charge in [-0.05, 0) is 31.4 Å². The van der Waals surface area contributed by atoms with Gasteiger partial charge in [-0.3, -0.25) is 9.78 Å². The molecule has 0 radical (unpaired) electrons. The van der Waals surface area contributed by atoms with Gasteiger partial charge in [-0.25, -0.2) is 0 Å². The van der Waals surface area contributed by atoms with Gasteiger partial charge in [-0.1, -0.05) is 44.0 Å². The number of thiocarbonyl (C=S) groups is 1. The number of nitrogens with two attached hydrogens (primary N) is 1. The first kappa shape index (κ1) is 15.9. The third-order valence-corrected chi connectivity index (χ3v) is 4.79. The number of carbonyl (C=O) groups excluding carboxylic acids is 1. The minimum absolute atomic E-state index is 0.0340. The predicted octanol–water partition coefficient (Wildman–Crippen LogP) is 2.89. The summed E-state index contributed by atoms with van der Waals surface area (Å²) >= 11 is 5.24.